The number of hydrogen-bond acceptors (Lipinski definition) is 3. The summed E-state index contributed by atoms with van der Waals surface area (Å²) in [7, 11) is 0. The zero-order chi connectivity index (χ0) is 39.6. The van der Waals surface area contributed by atoms with E-state index in [0.717, 1.165) is 49.7 Å². The second-order valence-corrected chi connectivity index (χ2v) is 15.3. The molecule has 3 aromatic heterocycles. The lowest BCUT2D eigenvalue weighted by Gasteiger charge is -2.12. The van der Waals surface area contributed by atoms with Crippen LogP contribution in [0.4, 0.5) is 0 Å². The third-order valence-electron chi connectivity index (χ3n) is 11.8. The van der Waals surface area contributed by atoms with E-state index in [2.05, 4.69) is 161 Å². The molecule has 0 saturated heterocycles. The maximum Gasteiger partial charge on any atom is 0.238 e. The van der Waals surface area contributed by atoms with Crippen molar-refractivity contribution in [2.24, 2.45) is 0 Å². The first-order valence-electron chi connectivity index (χ1n) is 20.3. The molecule has 9 aromatic carbocycles. The molecule has 3 heterocycles. The molecule has 0 aliphatic carbocycles. The largest absolute Gasteiger partial charge is 0.309 e. The van der Waals surface area contributed by atoms with Gasteiger partial charge in [0.2, 0.25) is 5.95 Å². The van der Waals surface area contributed by atoms with Crippen molar-refractivity contribution >= 4 is 54.4 Å². The van der Waals surface area contributed by atoms with Crippen molar-refractivity contribution in [3.05, 3.63) is 212 Å². The molecule has 5 heteroatoms. The lowest BCUT2D eigenvalue weighted by atomic mass is 9.98. The minimum absolute atomic E-state index is 0.584. The molecule has 0 bridgehead atoms. The van der Waals surface area contributed by atoms with E-state index in [0.29, 0.717) is 17.6 Å². The summed E-state index contributed by atoms with van der Waals surface area (Å²) in [5, 5.41) is 7.22. The van der Waals surface area contributed by atoms with Crippen LogP contribution in [0.1, 0.15) is 0 Å². The van der Waals surface area contributed by atoms with Gasteiger partial charge in [-0.15, -0.1) is 0 Å². The van der Waals surface area contributed by atoms with Crippen LogP contribution in [0.3, 0.4) is 0 Å². The van der Waals surface area contributed by atoms with Gasteiger partial charge in [-0.25, -0.2) is 4.98 Å². The van der Waals surface area contributed by atoms with E-state index < -0.39 is 0 Å². The van der Waals surface area contributed by atoms with Crippen molar-refractivity contribution in [1.82, 2.24) is 24.1 Å². The standard InChI is InChI=1S/C55H35N5/c1-3-16-37(17-4-1)53-56-54(38-18-5-2-6-19-38)58-55(57-53)60-50-28-12-10-25-46(50)48-35-40(30-32-52(48)60)39-29-31-51-47(34-39)45-24-9-11-27-49(45)59(51)42-22-13-21-41(33-42)44-26-14-20-36-15-7-8-23-43(36)44/h1-35H. The normalized spacial score (nSPS) is 11.7. The van der Waals surface area contributed by atoms with Crippen LogP contribution in [0.25, 0.3) is 111 Å². The Labute approximate surface area is 346 Å². The van der Waals surface area contributed by atoms with Gasteiger partial charge in [-0.1, -0.05) is 164 Å². The number of nitrogens with zero attached hydrogens (tertiary/aromatic N) is 5. The van der Waals surface area contributed by atoms with Crippen LogP contribution >= 0.6 is 0 Å². The van der Waals surface area contributed by atoms with Gasteiger partial charge in [0.25, 0.3) is 0 Å². The molecule has 0 N–H and O–H groups in total. The average molecular weight is 766 g/mol. The summed E-state index contributed by atoms with van der Waals surface area (Å²) < 4.78 is 4.58. The molecule has 12 aromatic rings. The van der Waals surface area contributed by atoms with Gasteiger partial charge in [0.1, 0.15) is 0 Å². The van der Waals surface area contributed by atoms with Crippen LogP contribution in [-0.2, 0) is 0 Å². The van der Waals surface area contributed by atoms with E-state index in [1.807, 2.05) is 60.7 Å². The van der Waals surface area contributed by atoms with Crippen LogP contribution in [0.5, 0.6) is 0 Å². The van der Waals surface area contributed by atoms with Gasteiger partial charge in [0, 0.05) is 38.4 Å². The topological polar surface area (TPSA) is 48.5 Å². The van der Waals surface area contributed by atoms with E-state index in [1.165, 1.54) is 43.7 Å². The second kappa shape index (κ2) is 13.8. The number of rotatable bonds is 6. The Morgan fingerprint density at radius 1 is 0.283 bits per heavy atom. The lowest BCUT2D eigenvalue weighted by molar-refractivity contribution is 0.953. The molecule has 0 saturated carbocycles. The highest BCUT2D eigenvalue weighted by atomic mass is 15.2. The van der Waals surface area contributed by atoms with Crippen molar-refractivity contribution in [3.8, 4) is 56.7 Å². The molecule has 280 valence electrons. The molecule has 0 fully saturated rings. The molecule has 0 atom stereocenters. The molecular weight excluding hydrogens is 731 g/mol. The molecular formula is C55H35N5. The van der Waals surface area contributed by atoms with Crippen molar-refractivity contribution in [1.29, 1.82) is 0 Å². The summed E-state index contributed by atoms with van der Waals surface area (Å²) >= 11 is 0. The third-order valence-corrected chi connectivity index (χ3v) is 11.8. The van der Waals surface area contributed by atoms with Gasteiger partial charge in [0.15, 0.2) is 11.6 Å². The molecule has 0 aliphatic rings. The average Bonchev–Trinajstić information content (AvgIpc) is 3.84. The maximum atomic E-state index is 5.12. The second-order valence-electron chi connectivity index (χ2n) is 15.3. The number of benzene rings is 9. The summed E-state index contributed by atoms with van der Waals surface area (Å²) in [5.74, 6) is 1.85. The Bertz CT molecular complexity index is 3540. The maximum absolute atomic E-state index is 5.12. The SMILES string of the molecule is c1ccc(-c2nc(-c3ccccc3)nc(-n3c4ccccc4c4cc(-c5ccc6c(c5)c5ccccc5n6-c5cccc(-c6cccc7ccccc67)c5)ccc43)n2)cc1. The monoisotopic (exact) mass is 765 g/mol. The van der Waals surface area contributed by atoms with Gasteiger partial charge in [0.05, 0.1) is 22.1 Å². The van der Waals surface area contributed by atoms with Crippen LogP contribution in [0.15, 0.2) is 212 Å². The van der Waals surface area contributed by atoms with Crippen molar-refractivity contribution in [3.63, 3.8) is 0 Å². The van der Waals surface area contributed by atoms with Crippen molar-refractivity contribution in [2.75, 3.05) is 0 Å². The number of para-hydroxylation sites is 2. The summed E-state index contributed by atoms with van der Waals surface area (Å²) in [6, 6.07) is 75.3. The highest BCUT2D eigenvalue weighted by Crippen LogP contribution is 2.39. The number of aromatic nitrogens is 5. The van der Waals surface area contributed by atoms with Gasteiger partial charge < -0.3 is 4.57 Å². The fourth-order valence-corrected chi connectivity index (χ4v) is 8.99. The van der Waals surface area contributed by atoms with Gasteiger partial charge in [-0.3, -0.25) is 4.57 Å². The Morgan fingerprint density at radius 3 is 1.42 bits per heavy atom. The summed E-state index contributed by atoms with van der Waals surface area (Å²) in [5.41, 5.74) is 12.2. The quantitative estimate of drug-likeness (QED) is 0.169. The highest BCUT2D eigenvalue weighted by molar-refractivity contribution is 6.12. The zero-order valence-electron chi connectivity index (χ0n) is 32.4. The zero-order valence-corrected chi connectivity index (χ0v) is 32.4. The Kier molecular flexibility index (Phi) is 7.78. The molecule has 0 radical (unpaired) electrons. The number of fused-ring (bicyclic) bond motifs is 7. The molecule has 0 spiro atoms. The highest BCUT2D eigenvalue weighted by Gasteiger charge is 2.19. The van der Waals surface area contributed by atoms with Gasteiger partial charge in [-0.05, 0) is 81.6 Å². The smallest absolute Gasteiger partial charge is 0.238 e. The Hall–Kier alpha value is -8.15. The molecule has 60 heavy (non-hydrogen) atoms. The van der Waals surface area contributed by atoms with E-state index in [4.69, 9.17) is 15.0 Å². The number of hydrogen-bond donors (Lipinski definition) is 0. The van der Waals surface area contributed by atoms with Gasteiger partial charge in [-0.2, -0.15) is 9.97 Å². The van der Waals surface area contributed by atoms with E-state index in [1.54, 1.807) is 0 Å². The first-order valence-corrected chi connectivity index (χ1v) is 20.3. The first kappa shape index (κ1) is 33.9. The third kappa shape index (κ3) is 5.52. The molecule has 0 aliphatic heterocycles. The fourth-order valence-electron chi connectivity index (χ4n) is 8.99. The minimum Gasteiger partial charge on any atom is -0.309 e. The lowest BCUT2D eigenvalue weighted by Crippen LogP contribution is -2.06. The van der Waals surface area contributed by atoms with E-state index in [-0.39, 0.29) is 0 Å². The Balaban J connectivity index is 1.01. The fraction of sp³-hybridized carbons (Fsp3) is 0. The Morgan fingerprint density at radius 2 is 0.767 bits per heavy atom. The van der Waals surface area contributed by atoms with E-state index in [9.17, 15) is 0 Å². The van der Waals surface area contributed by atoms with E-state index >= 15 is 0 Å². The molecule has 5 nitrogen and oxygen atoms in total. The van der Waals surface area contributed by atoms with Crippen LogP contribution in [0.2, 0.25) is 0 Å². The summed E-state index contributed by atoms with van der Waals surface area (Å²) in [6.07, 6.45) is 0. The van der Waals surface area contributed by atoms with Crippen molar-refractivity contribution < 1.29 is 0 Å². The molecule has 0 unspecified atom stereocenters. The van der Waals surface area contributed by atoms with Crippen LogP contribution < -0.4 is 0 Å². The first-order chi connectivity index (χ1) is 29.7. The van der Waals surface area contributed by atoms with Crippen molar-refractivity contribution in [2.45, 2.75) is 0 Å². The predicted octanol–water partition coefficient (Wildman–Crippen LogP) is 13.9. The van der Waals surface area contributed by atoms with Crippen LogP contribution in [0, 0.1) is 0 Å². The van der Waals surface area contributed by atoms with Gasteiger partial charge >= 0.3 is 0 Å². The minimum atomic E-state index is 0.584. The molecule has 0 amide bonds. The van der Waals surface area contributed by atoms with Crippen LogP contribution in [-0.4, -0.2) is 24.1 Å². The summed E-state index contributed by atoms with van der Waals surface area (Å²) in [4.78, 5) is 15.2. The predicted molar refractivity (Wildman–Crippen MR) is 248 cm³/mol. The summed E-state index contributed by atoms with van der Waals surface area (Å²) in [6.45, 7) is 0. The molecule has 12 rings (SSSR count).